The summed E-state index contributed by atoms with van der Waals surface area (Å²) in [4.78, 5) is 0. The van der Waals surface area contributed by atoms with E-state index >= 15 is 0 Å². The van der Waals surface area contributed by atoms with Gasteiger partial charge in [-0.2, -0.15) is 0 Å². The third-order valence-electron chi connectivity index (χ3n) is 2.14. The number of hydrogen-bond donors (Lipinski definition) is 1. The minimum absolute atomic E-state index is 0.249. The van der Waals surface area contributed by atoms with Gasteiger partial charge < -0.3 is 5.11 Å². The third-order valence-corrected chi connectivity index (χ3v) is 2.14. The fourth-order valence-corrected chi connectivity index (χ4v) is 1.27. The molecule has 0 saturated heterocycles. The second-order valence-corrected chi connectivity index (χ2v) is 4.01. The average molecular weight is 194 g/mol. The molecule has 1 unspecified atom stereocenters. The average Bonchev–Trinajstić information content (AvgIpc) is 2.14. The van der Waals surface area contributed by atoms with Crippen molar-refractivity contribution in [3.63, 3.8) is 0 Å². The van der Waals surface area contributed by atoms with Gasteiger partial charge in [0, 0.05) is 0 Å². The van der Waals surface area contributed by atoms with Crippen LogP contribution in [-0.4, -0.2) is 11.2 Å². The van der Waals surface area contributed by atoms with Gasteiger partial charge in [-0.1, -0.05) is 45.2 Å². The summed E-state index contributed by atoms with van der Waals surface area (Å²) in [6, 6.07) is 0. The van der Waals surface area contributed by atoms with Gasteiger partial charge in [0.05, 0.1) is 6.10 Å². The van der Waals surface area contributed by atoms with Crippen LogP contribution in [0.2, 0.25) is 0 Å². The summed E-state index contributed by atoms with van der Waals surface area (Å²) in [6.45, 7) is 11.7. The number of hydrogen-bond acceptors (Lipinski definition) is 1. The van der Waals surface area contributed by atoms with Crippen LogP contribution in [0.1, 0.15) is 33.1 Å². The first-order valence-corrected chi connectivity index (χ1v) is 5.22. The van der Waals surface area contributed by atoms with Gasteiger partial charge in [-0.25, -0.2) is 0 Å². The predicted octanol–water partition coefficient (Wildman–Crippen LogP) is 3.47. The standard InChI is InChI=1S/C13H22O/c1-5-7-12(6-2)10-13(14)9-8-11(3)4/h5-7,11,13-14H,1-2,8-10H2,3-4H3/b12-7+. The molecule has 0 amide bonds. The van der Waals surface area contributed by atoms with E-state index < -0.39 is 0 Å². The maximum absolute atomic E-state index is 9.70. The Kier molecular flexibility index (Phi) is 7.13. The zero-order valence-corrected chi connectivity index (χ0v) is 9.37. The van der Waals surface area contributed by atoms with Gasteiger partial charge in [0.1, 0.15) is 0 Å². The second kappa shape index (κ2) is 7.57. The molecule has 0 aliphatic heterocycles. The Morgan fingerprint density at radius 2 is 1.93 bits per heavy atom. The smallest absolute Gasteiger partial charge is 0.0580 e. The predicted molar refractivity (Wildman–Crippen MR) is 63.2 cm³/mol. The largest absolute Gasteiger partial charge is 0.393 e. The van der Waals surface area contributed by atoms with Crippen molar-refractivity contribution in [1.29, 1.82) is 0 Å². The topological polar surface area (TPSA) is 20.2 Å². The Morgan fingerprint density at radius 1 is 1.29 bits per heavy atom. The molecule has 0 saturated carbocycles. The monoisotopic (exact) mass is 194 g/mol. The Balaban J connectivity index is 3.90. The van der Waals surface area contributed by atoms with E-state index in [1.807, 2.05) is 6.08 Å². The minimum Gasteiger partial charge on any atom is -0.393 e. The first-order chi connectivity index (χ1) is 6.60. The first-order valence-electron chi connectivity index (χ1n) is 5.22. The van der Waals surface area contributed by atoms with Gasteiger partial charge in [-0.05, 0) is 30.8 Å². The van der Waals surface area contributed by atoms with E-state index in [4.69, 9.17) is 0 Å². The number of rotatable bonds is 7. The molecule has 0 aliphatic rings. The molecule has 0 aromatic heterocycles. The molecule has 0 spiro atoms. The van der Waals surface area contributed by atoms with Gasteiger partial charge in [-0.3, -0.25) is 0 Å². The molecule has 0 aromatic rings. The maximum atomic E-state index is 9.70. The van der Waals surface area contributed by atoms with Crippen molar-refractivity contribution in [3.05, 3.63) is 37.0 Å². The summed E-state index contributed by atoms with van der Waals surface area (Å²) in [5, 5.41) is 9.70. The van der Waals surface area contributed by atoms with Gasteiger partial charge in [0.2, 0.25) is 0 Å². The van der Waals surface area contributed by atoms with Crippen LogP contribution in [0.4, 0.5) is 0 Å². The Morgan fingerprint density at radius 3 is 2.36 bits per heavy atom. The molecule has 1 atom stereocenters. The van der Waals surface area contributed by atoms with Crippen molar-refractivity contribution in [1.82, 2.24) is 0 Å². The van der Waals surface area contributed by atoms with Crippen LogP contribution in [-0.2, 0) is 0 Å². The molecule has 1 nitrogen and oxygen atoms in total. The van der Waals surface area contributed by atoms with Gasteiger partial charge in [0.15, 0.2) is 0 Å². The summed E-state index contributed by atoms with van der Waals surface area (Å²) in [5.74, 6) is 0.653. The highest BCUT2D eigenvalue weighted by atomic mass is 16.3. The minimum atomic E-state index is -0.249. The fraction of sp³-hybridized carbons (Fsp3) is 0.538. The molecule has 14 heavy (non-hydrogen) atoms. The van der Waals surface area contributed by atoms with Crippen LogP contribution in [0.5, 0.6) is 0 Å². The van der Waals surface area contributed by atoms with Crippen molar-refractivity contribution in [2.45, 2.75) is 39.2 Å². The third kappa shape index (κ3) is 6.67. The lowest BCUT2D eigenvalue weighted by Crippen LogP contribution is -2.08. The lowest BCUT2D eigenvalue weighted by molar-refractivity contribution is 0.157. The highest BCUT2D eigenvalue weighted by Crippen LogP contribution is 2.14. The van der Waals surface area contributed by atoms with Crippen LogP contribution in [0, 0.1) is 5.92 Å². The van der Waals surface area contributed by atoms with E-state index in [0.29, 0.717) is 12.3 Å². The highest BCUT2D eigenvalue weighted by molar-refractivity contribution is 5.21. The number of allylic oxidation sites excluding steroid dienone is 3. The lowest BCUT2D eigenvalue weighted by atomic mass is 10.00. The van der Waals surface area contributed by atoms with Gasteiger partial charge in [-0.15, -0.1) is 0 Å². The normalized spacial score (nSPS) is 14.1. The molecule has 1 heteroatoms. The molecule has 0 aliphatic carbocycles. The first kappa shape index (κ1) is 13.2. The van der Waals surface area contributed by atoms with E-state index in [1.54, 1.807) is 12.2 Å². The quantitative estimate of drug-likeness (QED) is 0.615. The molecular formula is C13H22O. The molecular weight excluding hydrogens is 172 g/mol. The van der Waals surface area contributed by atoms with E-state index in [0.717, 1.165) is 18.4 Å². The van der Waals surface area contributed by atoms with Crippen LogP contribution < -0.4 is 0 Å². The molecule has 0 bridgehead atoms. The summed E-state index contributed by atoms with van der Waals surface area (Å²) < 4.78 is 0. The van der Waals surface area contributed by atoms with Crippen LogP contribution in [0.25, 0.3) is 0 Å². The van der Waals surface area contributed by atoms with Crippen molar-refractivity contribution in [2.24, 2.45) is 5.92 Å². The summed E-state index contributed by atoms with van der Waals surface area (Å²) in [7, 11) is 0. The maximum Gasteiger partial charge on any atom is 0.0580 e. The zero-order chi connectivity index (χ0) is 11.0. The van der Waals surface area contributed by atoms with Crippen LogP contribution in [0.3, 0.4) is 0 Å². The molecule has 0 aromatic carbocycles. The highest BCUT2D eigenvalue weighted by Gasteiger charge is 2.06. The van der Waals surface area contributed by atoms with Crippen LogP contribution in [0.15, 0.2) is 37.0 Å². The summed E-state index contributed by atoms with van der Waals surface area (Å²) in [6.07, 6.45) is 7.77. The Labute approximate surface area is 87.8 Å². The van der Waals surface area contributed by atoms with E-state index in [-0.39, 0.29) is 6.10 Å². The van der Waals surface area contributed by atoms with Crippen molar-refractivity contribution < 1.29 is 5.11 Å². The Bertz CT molecular complexity index is 201. The molecule has 1 N–H and O–H groups in total. The molecule has 80 valence electrons. The molecule has 0 radical (unpaired) electrons. The summed E-state index contributed by atoms with van der Waals surface area (Å²) in [5.41, 5.74) is 1.05. The second-order valence-electron chi connectivity index (χ2n) is 4.01. The van der Waals surface area contributed by atoms with Crippen LogP contribution >= 0.6 is 0 Å². The molecule has 0 rings (SSSR count). The fourth-order valence-electron chi connectivity index (χ4n) is 1.27. The SMILES string of the molecule is C=C/C=C(\C=C)CC(O)CCC(C)C. The van der Waals surface area contributed by atoms with Crippen molar-refractivity contribution in [3.8, 4) is 0 Å². The van der Waals surface area contributed by atoms with Crippen molar-refractivity contribution in [2.75, 3.05) is 0 Å². The summed E-state index contributed by atoms with van der Waals surface area (Å²) >= 11 is 0. The number of aliphatic hydroxyl groups excluding tert-OH is 1. The van der Waals surface area contributed by atoms with E-state index in [1.165, 1.54) is 0 Å². The number of aliphatic hydroxyl groups is 1. The van der Waals surface area contributed by atoms with E-state index in [2.05, 4.69) is 27.0 Å². The van der Waals surface area contributed by atoms with Crippen molar-refractivity contribution >= 4 is 0 Å². The van der Waals surface area contributed by atoms with Gasteiger partial charge in [0.25, 0.3) is 0 Å². The Hall–Kier alpha value is -0.820. The lowest BCUT2D eigenvalue weighted by Gasteiger charge is -2.12. The van der Waals surface area contributed by atoms with E-state index in [9.17, 15) is 5.11 Å². The molecule has 0 fully saturated rings. The zero-order valence-electron chi connectivity index (χ0n) is 9.37. The van der Waals surface area contributed by atoms with Gasteiger partial charge >= 0.3 is 0 Å². The molecule has 0 heterocycles.